The van der Waals surface area contributed by atoms with E-state index in [0.717, 1.165) is 4.90 Å². The van der Waals surface area contributed by atoms with Crippen molar-refractivity contribution in [1.82, 2.24) is 4.90 Å². The van der Waals surface area contributed by atoms with Crippen LogP contribution >= 0.6 is 0 Å². The summed E-state index contributed by atoms with van der Waals surface area (Å²) >= 11 is 0. The zero-order valence-corrected chi connectivity index (χ0v) is 10.7. The molecule has 0 aliphatic carbocycles. The van der Waals surface area contributed by atoms with Gasteiger partial charge in [0.25, 0.3) is 0 Å². The number of nitrogens with zero attached hydrogens (tertiary/aromatic N) is 1. The van der Waals surface area contributed by atoms with Gasteiger partial charge in [-0.3, -0.25) is 4.90 Å². The minimum Gasteiger partial charge on any atom is -0.497 e. The lowest BCUT2D eigenvalue weighted by molar-refractivity contribution is -0.179. The quantitative estimate of drug-likeness (QED) is 0.833. The third-order valence-corrected chi connectivity index (χ3v) is 2.56. The molecule has 1 rings (SSSR count). The Balaban J connectivity index is 3.28. The normalized spacial score (nSPS) is 13.6. The highest BCUT2D eigenvalue weighted by molar-refractivity contribution is 5.43. The van der Waals surface area contributed by atoms with E-state index in [1.165, 1.54) is 46.5 Å². The standard InChI is InChI=1S/C12H16F3NO2/c1-16(2)11(12(13,14)15)9-6-5-8(17-3)7-10(9)18-4/h5-7,11H,1-4H3. The lowest BCUT2D eigenvalue weighted by Gasteiger charge is -2.28. The number of ether oxygens (including phenoxy) is 2. The second kappa shape index (κ2) is 5.48. The predicted octanol–water partition coefficient (Wildman–Crippen LogP) is 2.87. The molecule has 0 saturated heterocycles. The molecule has 0 bridgehead atoms. The van der Waals surface area contributed by atoms with Crippen molar-refractivity contribution in [2.75, 3.05) is 28.3 Å². The van der Waals surface area contributed by atoms with Gasteiger partial charge in [0.1, 0.15) is 17.5 Å². The van der Waals surface area contributed by atoms with Gasteiger partial charge < -0.3 is 9.47 Å². The fourth-order valence-corrected chi connectivity index (χ4v) is 1.79. The van der Waals surface area contributed by atoms with Gasteiger partial charge in [-0.2, -0.15) is 13.2 Å². The maximum atomic E-state index is 13.0. The molecule has 3 nitrogen and oxygen atoms in total. The molecule has 0 heterocycles. The van der Waals surface area contributed by atoms with Crippen LogP contribution in [0.3, 0.4) is 0 Å². The fraction of sp³-hybridized carbons (Fsp3) is 0.500. The van der Waals surface area contributed by atoms with Crippen molar-refractivity contribution in [2.24, 2.45) is 0 Å². The highest BCUT2D eigenvalue weighted by atomic mass is 19.4. The first-order chi connectivity index (χ1) is 8.31. The van der Waals surface area contributed by atoms with Crippen LogP contribution in [-0.4, -0.2) is 39.4 Å². The summed E-state index contributed by atoms with van der Waals surface area (Å²) in [5, 5.41) is 0. The van der Waals surface area contributed by atoms with Gasteiger partial charge in [0.05, 0.1) is 14.2 Å². The van der Waals surface area contributed by atoms with Crippen molar-refractivity contribution in [3.05, 3.63) is 23.8 Å². The van der Waals surface area contributed by atoms with Crippen LogP contribution in [0.2, 0.25) is 0 Å². The summed E-state index contributed by atoms with van der Waals surface area (Å²) in [7, 11) is 5.53. The van der Waals surface area contributed by atoms with Gasteiger partial charge in [-0.1, -0.05) is 0 Å². The van der Waals surface area contributed by atoms with Crippen LogP contribution in [0.5, 0.6) is 11.5 Å². The molecule has 0 aliphatic rings. The van der Waals surface area contributed by atoms with Crippen LogP contribution in [0.15, 0.2) is 18.2 Å². The van der Waals surface area contributed by atoms with Crippen molar-refractivity contribution in [3.63, 3.8) is 0 Å². The number of halogens is 3. The molecule has 0 saturated carbocycles. The summed E-state index contributed by atoms with van der Waals surface area (Å²) < 4.78 is 49.1. The van der Waals surface area contributed by atoms with E-state index < -0.39 is 12.2 Å². The second-order valence-electron chi connectivity index (χ2n) is 4.02. The maximum absolute atomic E-state index is 13.0. The number of methoxy groups -OCH3 is 2. The molecule has 0 aliphatic heterocycles. The van der Waals surface area contributed by atoms with Gasteiger partial charge in [-0.05, 0) is 26.2 Å². The first kappa shape index (κ1) is 14.6. The third-order valence-electron chi connectivity index (χ3n) is 2.56. The average Bonchev–Trinajstić information content (AvgIpc) is 2.27. The Hall–Kier alpha value is -1.43. The van der Waals surface area contributed by atoms with Crippen LogP contribution < -0.4 is 9.47 Å². The number of hydrogen-bond acceptors (Lipinski definition) is 3. The molecule has 1 aromatic rings. The molecule has 0 N–H and O–H groups in total. The van der Waals surface area contributed by atoms with Gasteiger partial charge in [0, 0.05) is 11.6 Å². The molecule has 0 aromatic heterocycles. The van der Waals surface area contributed by atoms with Crippen LogP contribution in [-0.2, 0) is 0 Å². The average molecular weight is 263 g/mol. The third kappa shape index (κ3) is 3.07. The van der Waals surface area contributed by atoms with Crippen molar-refractivity contribution in [2.45, 2.75) is 12.2 Å². The van der Waals surface area contributed by atoms with Gasteiger partial charge in [-0.25, -0.2) is 0 Å². The first-order valence-electron chi connectivity index (χ1n) is 5.26. The molecule has 0 spiro atoms. The summed E-state index contributed by atoms with van der Waals surface area (Å²) in [5.74, 6) is 0.612. The lowest BCUT2D eigenvalue weighted by atomic mass is 10.0. The fourth-order valence-electron chi connectivity index (χ4n) is 1.79. The largest absolute Gasteiger partial charge is 0.497 e. The van der Waals surface area contributed by atoms with E-state index in [1.54, 1.807) is 0 Å². The Labute approximate surface area is 104 Å². The summed E-state index contributed by atoms with van der Waals surface area (Å²) in [6.45, 7) is 0. The zero-order chi connectivity index (χ0) is 13.9. The van der Waals surface area contributed by atoms with E-state index in [4.69, 9.17) is 9.47 Å². The molecule has 1 atom stereocenters. The Bertz CT molecular complexity index is 405. The highest BCUT2D eigenvalue weighted by Crippen LogP contribution is 2.41. The smallest absolute Gasteiger partial charge is 0.408 e. The first-order valence-corrected chi connectivity index (χ1v) is 5.26. The summed E-state index contributed by atoms with van der Waals surface area (Å²) in [4.78, 5) is 1.10. The summed E-state index contributed by atoms with van der Waals surface area (Å²) in [5.41, 5.74) is 0.0656. The van der Waals surface area contributed by atoms with Crippen LogP contribution in [0.4, 0.5) is 13.2 Å². The van der Waals surface area contributed by atoms with Crippen molar-refractivity contribution >= 4 is 0 Å². The number of rotatable bonds is 4. The van der Waals surface area contributed by atoms with E-state index in [2.05, 4.69) is 0 Å². The lowest BCUT2D eigenvalue weighted by Crippen LogP contribution is -2.33. The van der Waals surface area contributed by atoms with Crippen LogP contribution in [0.1, 0.15) is 11.6 Å². The molecular formula is C12H16F3NO2. The summed E-state index contributed by atoms with van der Waals surface area (Å²) in [6.07, 6.45) is -4.37. The molecular weight excluding hydrogens is 247 g/mol. The maximum Gasteiger partial charge on any atom is 0.408 e. The number of alkyl halides is 3. The highest BCUT2D eigenvalue weighted by Gasteiger charge is 2.43. The topological polar surface area (TPSA) is 21.7 Å². The van der Waals surface area contributed by atoms with Crippen LogP contribution in [0, 0.1) is 0 Å². The Kier molecular flexibility index (Phi) is 4.45. The monoisotopic (exact) mass is 263 g/mol. The van der Waals surface area contributed by atoms with E-state index in [1.807, 2.05) is 0 Å². The molecule has 6 heteroatoms. The molecule has 0 radical (unpaired) electrons. The summed E-state index contributed by atoms with van der Waals surface area (Å²) in [6, 6.07) is 2.59. The SMILES string of the molecule is COc1ccc(C(N(C)C)C(F)(F)F)c(OC)c1. The Morgan fingerprint density at radius 1 is 1.11 bits per heavy atom. The van der Waals surface area contributed by atoms with Crippen molar-refractivity contribution < 1.29 is 22.6 Å². The van der Waals surface area contributed by atoms with E-state index in [0.29, 0.717) is 5.75 Å². The van der Waals surface area contributed by atoms with Crippen LogP contribution in [0.25, 0.3) is 0 Å². The van der Waals surface area contributed by atoms with Gasteiger partial charge in [0.15, 0.2) is 0 Å². The molecule has 1 aromatic carbocycles. The minimum absolute atomic E-state index is 0.0656. The van der Waals surface area contributed by atoms with Gasteiger partial charge in [-0.15, -0.1) is 0 Å². The van der Waals surface area contributed by atoms with Gasteiger partial charge in [0.2, 0.25) is 0 Å². The predicted molar refractivity (Wildman–Crippen MR) is 62.0 cm³/mol. The van der Waals surface area contributed by atoms with Crippen molar-refractivity contribution in [3.8, 4) is 11.5 Å². The van der Waals surface area contributed by atoms with E-state index in [9.17, 15) is 13.2 Å². The minimum atomic E-state index is -4.37. The van der Waals surface area contributed by atoms with Crippen molar-refractivity contribution in [1.29, 1.82) is 0 Å². The molecule has 18 heavy (non-hydrogen) atoms. The second-order valence-corrected chi connectivity index (χ2v) is 4.02. The Morgan fingerprint density at radius 3 is 2.11 bits per heavy atom. The zero-order valence-electron chi connectivity index (χ0n) is 10.7. The molecule has 1 unspecified atom stereocenters. The van der Waals surface area contributed by atoms with Gasteiger partial charge >= 0.3 is 6.18 Å². The molecule has 0 amide bonds. The Morgan fingerprint density at radius 2 is 1.72 bits per heavy atom. The number of benzene rings is 1. The van der Waals surface area contributed by atoms with E-state index in [-0.39, 0.29) is 11.3 Å². The number of hydrogen-bond donors (Lipinski definition) is 0. The molecule has 102 valence electrons. The molecule has 0 fully saturated rings. The van der Waals surface area contributed by atoms with E-state index >= 15 is 0 Å².